The van der Waals surface area contributed by atoms with Crippen molar-refractivity contribution >= 4 is 29.1 Å². The van der Waals surface area contributed by atoms with Crippen molar-refractivity contribution in [2.24, 2.45) is 0 Å². The Bertz CT molecular complexity index is 1310. The molecule has 184 valence electrons. The number of ether oxygens (including phenoxy) is 3. The number of benzene rings is 3. The van der Waals surface area contributed by atoms with E-state index < -0.39 is 23.7 Å². The molecule has 1 atom stereocenters. The first kappa shape index (κ1) is 24.5. The van der Waals surface area contributed by atoms with Crippen molar-refractivity contribution in [3.63, 3.8) is 0 Å². The van der Waals surface area contributed by atoms with Gasteiger partial charge in [-0.1, -0.05) is 12.1 Å². The minimum absolute atomic E-state index is 0.0554. The lowest BCUT2D eigenvalue weighted by Crippen LogP contribution is -2.29. The number of aliphatic hydroxyl groups excluding tert-OH is 1. The maximum Gasteiger partial charge on any atom is 0.308 e. The first-order valence-electron chi connectivity index (χ1n) is 11.3. The average Bonchev–Trinajstić information content (AvgIpc) is 3.14. The molecule has 0 aromatic heterocycles. The standard InChI is InChI=1S/C28H25NO7/c1-4-35-22-11-7-19(8-12-22)26(31)24-25(18-5-13-23(14-6-18)36-17(2)30)29(28(33)27(24)32)20-9-15-21(34-3)16-10-20/h5-16,25,31H,4H2,1-3H3/b26-24+. The highest BCUT2D eigenvalue weighted by Gasteiger charge is 2.47. The van der Waals surface area contributed by atoms with Gasteiger partial charge in [0.15, 0.2) is 0 Å². The van der Waals surface area contributed by atoms with Gasteiger partial charge >= 0.3 is 5.97 Å². The average molecular weight is 488 g/mol. The summed E-state index contributed by atoms with van der Waals surface area (Å²) in [7, 11) is 1.53. The van der Waals surface area contributed by atoms with Crippen LogP contribution in [-0.4, -0.2) is 36.5 Å². The highest BCUT2D eigenvalue weighted by molar-refractivity contribution is 6.51. The van der Waals surface area contributed by atoms with Crippen LogP contribution in [0.15, 0.2) is 78.4 Å². The number of esters is 1. The van der Waals surface area contributed by atoms with E-state index in [4.69, 9.17) is 14.2 Å². The van der Waals surface area contributed by atoms with Crippen LogP contribution in [0.2, 0.25) is 0 Å². The van der Waals surface area contributed by atoms with Crippen molar-refractivity contribution in [3.05, 3.63) is 89.5 Å². The van der Waals surface area contributed by atoms with Crippen LogP contribution < -0.4 is 19.1 Å². The summed E-state index contributed by atoms with van der Waals surface area (Å²) in [4.78, 5) is 39.2. The summed E-state index contributed by atoms with van der Waals surface area (Å²) in [5, 5.41) is 11.2. The molecular weight excluding hydrogens is 462 g/mol. The first-order valence-corrected chi connectivity index (χ1v) is 11.3. The predicted octanol–water partition coefficient (Wildman–Crippen LogP) is 4.65. The Morgan fingerprint density at radius 2 is 1.47 bits per heavy atom. The molecule has 1 aliphatic heterocycles. The number of anilines is 1. The van der Waals surface area contributed by atoms with Crippen LogP contribution in [0, 0.1) is 0 Å². The van der Waals surface area contributed by atoms with E-state index in [9.17, 15) is 19.5 Å². The van der Waals surface area contributed by atoms with Gasteiger partial charge in [-0.3, -0.25) is 19.3 Å². The highest BCUT2D eigenvalue weighted by atomic mass is 16.5. The molecule has 1 N–H and O–H groups in total. The summed E-state index contributed by atoms with van der Waals surface area (Å²) < 4.78 is 15.8. The van der Waals surface area contributed by atoms with Crippen LogP contribution in [0.3, 0.4) is 0 Å². The van der Waals surface area contributed by atoms with Gasteiger partial charge in [0.2, 0.25) is 0 Å². The van der Waals surface area contributed by atoms with Crippen molar-refractivity contribution in [2.75, 3.05) is 18.6 Å². The maximum absolute atomic E-state index is 13.3. The molecule has 3 aromatic carbocycles. The minimum Gasteiger partial charge on any atom is -0.507 e. The number of hydrogen-bond donors (Lipinski definition) is 1. The number of carbonyl (C=O) groups excluding carboxylic acids is 3. The van der Waals surface area contributed by atoms with Crippen molar-refractivity contribution in [2.45, 2.75) is 19.9 Å². The molecule has 4 rings (SSSR count). The topological polar surface area (TPSA) is 102 Å². The largest absolute Gasteiger partial charge is 0.507 e. The number of amides is 1. The summed E-state index contributed by atoms with van der Waals surface area (Å²) in [6.07, 6.45) is 0. The molecule has 3 aromatic rings. The fourth-order valence-corrected chi connectivity index (χ4v) is 4.07. The number of hydrogen-bond acceptors (Lipinski definition) is 7. The summed E-state index contributed by atoms with van der Waals surface area (Å²) in [5.74, 6) is -0.839. The van der Waals surface area contributed by atoms with Gasteiger partial charge in [-0.05, 0) is 73.2 Å². The second-order valence-electron chi connectivity index (χ2n) is 7.99. The summed E-state index contributed by atoms with van der Waals surface area (Å²) in [5.41, 5.74) is 1.32. The second-order valence-corrected chi connectivity index (χ2v) is 7.99. The van der Waals surface area contributed by atoms with Crippen molar-refractivity contribution in [1.29, 1.82) is 0 Å². The van der Waals surface area contributed by atoms with Gasteiger partial charge in [-0.25, -0.2) is 0 Å². The lowest BCUT2D eigenvalue weighted by molar-refractivity contribution is -0.132. The van der Waals surface area contributed by atoms with E-state index in [-0.39, 0.29) is 11.3 Å². The van der Waals surface area contributed by atoms with Crippen LogP contribution in [0.1, 0.15) is 31.0 Å². The highest BCUT2D eigenvalue weighted by Crippen LogP contribution is 2.42. The van der Waals surface area contributed by atoms with Gasteiger partial charge in [0.1, 0.15) is 23.0 Å². The number of Topliss-reactive ketones (excluding diaryl/α,β-unsaturated/α-hetero) is 1. The fourth-order valence-electron chi connectivity index (χ4n) is 4.07. The molecule has 8 heteroatoms. The van der Waals surface area contributed by atoms with Crippen molar-refractivity contribution < 1.29 is 33.7 Å². The Labute approximate surface area is 208 Å². The fraction of sp³-hybridized carbons (Fsp3) is 0.179. The molecule has 1 unspecified atom stereocenters. The molecule has 0 radical (unpaired) electrons. The molecule has 1 heterocycles. The molecule has 8 nitrogen and oxygen atoms in total. The molecular formula is C28H25NO7. The number of aliphatic hydroxyl groups is 1. The van der Waals surface area contributed by atoms with Crippen molar-refractivity contribution in [3.8, 4) is 17.2 Å². The SMILES string of the molecule is CCOc1ccc(/C(O)=C2\C(=O)C(=O)N(c3ccc(OC)cc3)C2c2ccc(OC(C)=O)cc2)cc1. The van der Waals surface area contributed by atoms with Crippen LogP contribution in [-0.2, 0) is 14.4 Å². The second kappa shape index (κ2) is 10.4. The third kappa shape index (κ3) is 4.79. The van der Waals surface area contributed by atoms with E-state index in [0.29, 0.717) is 40.7 Å². The van der Waals surface area contributed by atoms with Gasteiger partial charge in [-0.15, -0.1) is 0 Å². The quantitative estimate of drug-likeness (QED) is 0.170. The molecule has 0 spiro atoms. The third-order valence-corrected chi connectivity index (χ3v) is 5.69. The Morgan fingerprint density at radius 1 is 0.889 bits per heavy atom. The summed E-state index contributed by atoms with van der Waals surface area (Å²) >= 11 is 0. The van der Waals surface area contributed by atoms with Gasteiger partial charge in [0.25, 0.3) is 11.7 Å². The molecule has 1 saturated heterocycles. The zero-order chi connectivity index (χ0) is 25.8. The normalized spacial score (nSPS) is 16.6. The first-order chi connectivity index (χ1) is 17.3. The molecule has 1 amide bonds. The van der Waals surface area contributed by atoms with Crippen LogP contribution in [0.4, 0.5) is 5.69 Å². The number of ketones is 1. The smallest absolute Gasteiger partial charge is 0.308 e. The Hall–Kier alpha value is -4.59. The number of methoxy groups -OCH3 is 1. The lowest BCUT2D eigenvalue weighted by Gasteiger charge is -2.25. The predicted molar refractivity (Wildman–Crippen MR) is 133 cm³/mol. The monoisotopic (exact) mass is 487 g/mol. The molecule has 1 fully saturated rings. The zero-order valence-corrected chi connectivity index (χ0v) is 20.1. The van der Waals surface area contributed by atoms with Gasteiger partial charge in [-0.2, -0.15) is 0 Å². The van der Waals surface area contributed by atoms with E-state index in [1.54, 1.807) is 72.8 Å². The summed E-state index contributed by atoms with van der Waals surface area (Å²) in [6, 6.07) is 18.8. The molecule has 36 heavy (non-hydrogen) atoms. The van der Waals surface area contributed by atoms with E-state index in [1.807, 2.05) is 6.92 Å². The van der Waals surface area contributed by atoms with Crippen LogP contribution in [0.25, 0.3) is 5.76 Å². The number of carbonyl (C=O) groups is 3. The van der Waals surface area contributed by atoms with Crippen LogP contribution >= 0.6 is 0 Å². The molecule has 0 saturated carbocycles. The maximum atomic E-state index is 13.3. The number of nitrogens with zero attached hydrogens (tertiary/aromatic N) is 1. The molecule has 1 aliphatic rings. The van der Waals surface area contributed by atoms with Gasteiger partial charge < -0.3 is 19.3 Å². The Kier molecular flexibility index (Phi) is 7.05. The minimum atomic E-state index is -0.920. The molecule has 0 bridgehead atoms. The van der Waals surface area contributed by atoms with E-state index in [1.165, 1.54) is 18.9 Å². The summed E-state index contributed by atoms with van der Waals surface area (Å²) in [6.45, 7) is 3.65. The zero-order valence-electron chi connectivity index (χ0n) is 20.1. The lowest BCUT2D eigenvalue weighted by atomic mass is 9.95. The van der Waals surface area contributed by atoms with Gasteiger partial charge in [0.05, 0.1) is 25.3 Å². The van der Waals surface area contributed by atoms with E-state index in [2.05, 4.69) is 0 Å². The third-order valence-electron chi connectivity index (χ3n) is 5.69. The van der Waals surface area contributed by atoms with E-state index in [0.717, 1.165) is 0 Å². The van der Waals surface area contributed by atoms with E-state index >= 15 is 0 Å². The Morgan fingerprint density at radius 3 is 2.03 bits per heavy atom. The Balaban J connectivity index is 1.84. The van der Waals surface area contributed by atoms with Crippen molar-refractivity contribution in [1.82, 2.24) is 0 Å². The van der Waals surface area contributed by atoms with Crippen LogP contribution in [0.5, 0.6) is 17.2 Å². The number of rotatable bonds is 7. The van der Waals surface area contributed by atoms with Gasteiger partial charge in [0, 0.05) is 18.2 Å². The molecule has 0 aliphatic carbocycles.